The normalized spacial score (nSPS) is 18.7. The zero-order valence-electron chi connectivity index (χ0n) is 15.4. The summed E-state index contributed by atoms with van der Waals surface area (Å²) in [6.45, 7) is 1.26. The van der Waals surface area contributed by atoms with Gasteiger partial charge in [-0.2, -0.15) is 13.2 Å². The lowest BCUT2D eigenvalue weighted by molar-refractivity contribution is -0.197. The van der Waals surface area contributed by atoms with Crippen LogP contribution in [0, 0.1) is 0 Å². The SMILES string of the molecule is CC(=O)Nc1ccc(N2C(=O)N[C@@](NC(=O)c3ccccc3)(C(F)(F)F)C2=O)cc1. The van der Waals surface area contributed by atoms with E-state index in [9.17, 15) is 32.3 Å². The van der Waals surface area contributed by atoms with Crippen molar-refractivity contribution in [2.24, 2.45) is 0 Å². The average Bonchev–Trinajstić information content (AvgIpc) is 2.93. The molecule has 3 N–H and O–H groups in total. The summed E-state index contributed by atoms with van der Waals surface area (Å²) in [5.41, 5.74) is -3.61. The van der Waals surface area contributed by atoms with E-state index in [1.54, 1.807) is 16.7 Å². The molecule has 11 heteroatoms. The van der Waals surface area contributed by atoms with Gasteiger partial charge in [0.2, 0.25) is 5.91 Å². The second kappa shape index (κ2) is 7.50. The fraction of sp³-hybridized carbons (Fsp3) is 0.158. The summed E-state index contributed by atoms with van der Waals surface area (Å²) in [6, 6.07) is 10.6. The Morgan fingerprint density at radius 2 is 1.60 bits per heavy atom. The van der Waals surface area contributed by atoms with Gasteiger partial charge < -0.3 is 10.6 Å². The molecule has 0 aromatic heterocycles. The molecule has 0 saturated carbocycles. The summed E-state index contributed by atoms with van der Waals surface area (Å²) < 4.78 is 41.7. The molecule has 1 heterocycles. The monoisotopic (exact) mass is 420 g/mol. The standard InChI is InChI=1S/C19H15F3N4O4/c1-11(27)23-13-7-9-14(10-8-13)26-16(29)18(19(20,21)22,25-17(26)30)24-15(28)12-5-3-2-4-6-12/h2-10H,1H3,(H,23,27)(H,24,28)(H,25,30)/t18-/m1/s1. The van der Waals surface area contributed by atoms with E-state index in [2.05, 4.69) is 5.32 Å². The molecule has 1 fully saturated rings. The van der Waals surface area contributed by atoms with Crippen molar-refractivity contribution < 1.29 is 32.3 Å². The quantitative estimate of drug-likeness (QED) is 0.660. The van der Waals surface area contributed by atoms with Gasteiger partial charge >= 0.3 is 12.2 Å². The van der Waals surface area contributed by atoms with Crippen LogP contribution in [-0.4, -0.2) is 35.6 Å². The molecular formula is C19H15F3N4O4. The molecule has 0 spiro atoms. The second-order valence-electron chi connectivity index (χ2n) is 6.37. The first-order valence-electron chi connectivity index (χ1n) is 8.54. The summed E-state index contributed by atoms with van der Waals surface area (Å²) in [5.74, 6) is -3.28. The highest BCUT2D eigenvalue weighted by Gasteiger charge is 2.69. The van der Waals surface area contributed by atoms with Crippen LogP contribution in [-0.2, 0) is 9.59 Å². The summed E-state index contributed by atoms with van der Waals surface area (Å²) in [7, 11) is 0. The number of urea groups is 1. The Morgan fingerprint density at radius 1 is 1.00 bits per heavy atom. The molecule has 3 rings (SSSR count). The van der Waals surface area contributed by atoms with Gasteiger partial charge in [-0.15, -0.1) is 0 Å². The topological polar surface area (TPSA) is 108 Å². The first-order chi connectivity index (χ1) is 14.0. The van der Waals surface area contributed by atoms with Gasteiger partial charge in [-0.05, 0) is 36.4 Å². The highest BCUT2D eigenvalue weighted by Crippen LogP contribution is 2.36. The number of nitrogens with one attached hydrogen (secondary N) is 3. The van der Waals surface area contributed by atoms with Crippen molar-refractivity contribution in [3.05, 3.63) is 60.2 Å². The Morgan fingerprint density at radius 3 is 2.13 bits per heavy atom. The zero-order valence-corrected chi connectivity index (χ0v) is 15.4. The number of hydrogen-bond donors (Lipinski definition) is 3. The van der Waals surface area contributed by atoms with E-state index >= 15 is 0 Å². The number of carbonyl (C=O) groups excluding carboxylic acids is 4. The van der Waals surface area contributed by atoms with Gasteiger partial charge in [0.25, 0.3) is 17.5 Å². The van der Waals surface area contributed by atoms with E-state index < -0.39 is 29.7 Å². The van der Waals surface area contributed by atoms with E-state index in [-0.39, 0.29) is 22.1 Å². The summed E-state index contributed by atoms with van der Waals surface area (Å²) in [5, 5.41) is 5.64. The van der Waals surface area contributed by atoms with Crippen LogP contribution in [0.1, 0.15) is 17.3 Å². The molecule has 0 aliphatic carbocycles. The first-order valence-corrected chi connectivity index (χ1v) is 8.54. The molecule has 1 atom stereocenters. The van der Waals surface area contributed by atoms with Crippen LogP contribution in [0.4, 0.5) is 29.3 Å². The molecule has 0 unspecified atom stereocenters. The number of anilines is 2. The number of carbonyl (C=O) groups is 4. The van der Waals surface area contributed by atoms with Crippen LogP contribution in [0.15, 0.2) is 54.6 Å². The third kappa shape index (κ3) is 3.69. The van der Waals surface area contributed by atoms with Crippen molar-refractivity contribution in [1.29, 1.82) is 0 Å². The summed E-state index contributed by atoms with van der Waals surface area (Å²) in [4.78, 5) is 48.7. The van der Waals surface area contributed by atoms with Crippen molar-refractivity contribution in [2.45, 2.75) is 18.8 Å². The number of hydrogen-bond acceptors (Lipinski definition) is 4. The lowest BCUT2D eigenvalue weighted by Crippen LogP contribution is -2.69. The van der Waals surface area contributed by atoms with Crippen molar-refractivity contribution in [3.8, 4) is 0 Å². The van der Waals surface area contributed by atoms with Gasteiger partial charge in [0.15, 0.2) is 0 Å². The molecule has 1 saturated heterocycles. The second-order valence-corrected chi connectivity index (χ2v) is 6.37. The maximum Gasteiger partial charge on any atom is 0.440 e. The number of benzene rings is 2. The molecule has 0 bridgehead atoms. The van der Waals surface area contributed by atoms with Gasteiger partial charge in [0.1, 0.15) is 0 Å². The third-order valence-electron chi connectivity index (χ3n) is 4.23. The molecule has 2 aromatic carbocycles. The lowest BCUT2D eigenvalue weighted by Gasteiger charge is -2.29. The highest BCUT2D eigenvalue weighted by atomic mass is 19.4. The van der Waals surface area contributed by atoms with Crippen LogP contribution in [0.5, 0.6) is 0 Å². The Labute approximate surface area is 168 Å². The minimum Gasteiger partial charge on any atom is -0.326 e. The van der Waals surface area contributed by atoms with Crippen LogP contribution in [0.3, 0.4) is 0 Å². The van der Waals surface area contributed by atoms with Crippen molar-refractivity contribution >= 4 is 35.1 Å². The third-order valence-corrected chi connectivity index (χ3v) is 4.23. The van der Waals surface area contributed by atoms with E-state index in [4.69, 9.17) is 0 Å². The van der Waals surface area contributed by atoms with Gasteiger partial charge in [0.05, 0.1) is 5.69 Å². The van der Waals surface area contributed by atoms with Crippen LogP contribution in [0.2, 0.25) is 0 Å². The van der Waals surface area contributed by atoms with E-state index in [0.29, 0.717) is 5.69 Å². The van der Waals surface area contributed by atoms with Gasteiger partial charge in [-0.1, -0.05) is 18.2 Å². The molecule has 1 aliphatic heterocycles. The first kappa shape index (κ1) is 20.8. The van der Waals surface area contributed by atoms with E-state index in [0.717, 1.165) is 0 Å². The number of imide groups is 1. The fourth-order valence-electron chi connectivity index (χ4n) is 2.84. The molecule has 8 nitrogen and oxygen atoms in total. The Bertz CT molecular complexity index is 1010. The number of alkyl halides is 3. The largest absolute Gasteiger partial charge is 0.440 e. The lowest BCUT2D eigenvalue weighted by atomic mass is 10.1. The predicted molar refractivity (Wildman–Crippen MR) is 99.5 cm³/mol. The zero-order chi connectivity index (χ0) is 22.1. The van der Waals surface area contributed by atoms with Crippen molar-refractivity contribution in [2.75, 3.05) is 10.2 Å². The maximum absolute atomic E-state index is 13.9. The van der Waals surface area contributed by atoms with Crippen LogP contribution in [0.25, 0.3) is 0 Å². The van der Waals surface area contributed by atoms with Crippen LogP contribution < -0.4 is 20.9 Å². The Hall–Kier alpha value is -3.89. The molecular weight excluding hydrogens is 405 g/mol. The molecule has 30 heavy (non-hydrogen) atoms. The average molecular weight is 420 g/mol. The number of halogens is 3. The van der Waals surface area contributed by atoms with Crippen LogP contribution >= 0.6 is 0 Å². The van der Waals surface area contributed by atoms with Gasteiger partial charge in [-0.25, -0.2) is 9.69 Å². The minimum absolute atomic E-state index is 0.124. The molecule has 156 valence electrons. The Kier molecular flexibility index (Phi) is 5.21. The smallest absolute Gasteiger partial charge is 0.326 e. The summed E-state index contributed by atoms with van der Waals surface area (Å²) >= 11 is 0. The number of rotatable bonds is 4. The van der Waals surface area contributed by atoms with Crippen molar-refractivity contribution in [1.82, 2.24) is 10.6 Å². The summed E-state index contributed by atoms with van der Waals surface area (Å²) in [6.07, 6.45) is -5.32. The van der Waals surface area contributed by atoms with Crippen molar-refractivity contribution in [3.63, 3.8) is 0 Å². The molecule has 0 radical (unpaired) electrons. The highest BCUT2D eigenvalue weighted by molar-refractivity contribution is 6.24. The number of amides is 5. The van der Waals surface area contributed by atoms with Gasteiger partial charge in [-0.3, -0.25) is 19.7 Å². The maximum atomic E-state index is 13.9. The van der Waals surface area contributed by atoms with Gasteiger partial charge in [0, 0.05) is 18.2 Å². The molecule has 2 aromatic rings. The molecule has 5 amide bonds. The Balaban J connectivity index is 1.94. The van der Waals surface area contributed by atoms with E-state index in [1.807, 2.05) is 0 Å². The number of nitrogens with zero attached hydrogens (tertiary/aromatic N) is 1. The molecule has 1 aliphatic rings. The minimum atomic E-state index is -5.32. The fourth-order valence-corrected chi connectivity index (χ4v) is 2.84. The van der Waals surface area contributed by atoms with E-state index in [1.165, 1.54) is 55.5 Å². The predicted octanol–water partition coefficient (Wildman–Crippen LogP) is 2.39.